The van der Waals surface area contributed by atoms with E-state index in [1.807, 2.05) is 0 Å². The van der Waals surface area contributed by atoms with E-state index in [1.165, 1.54) is 19.2 Å². The predicted molar refractivity (Wildman–Crippen MR) is 96.3 cm³/mol. The van der Waals surface area contributed by atoms with Gasteiger partial charge in [0.2, 0.25) is 15.9 Å². The van der Waals surface area contributed by atoms with E-state index >= 15 is 0 Å². The van der Waals surface area contributed by atoms with E-state index in [9.17, 15) is 18.3 Å². The number of nitrogens with one attached hydrogen (secondary N) is 1. The molecule has 3 rings (SSSR count). The van der Waals surface area contributed by atoms with Crippen LogP contribution >= 0.6 is 0 Å². The third kappa shape index (κ3) is 4.02. The van der Waals surface area contributed by atoms with Gasteiger partial charge in [-0.3, -0.25) is 4.79 Å². The molecule has 1 heterocycles. The highest BCUT2D eigenvalue weighted by Gasteiger charge is 2.43. The van der Waals surface area contributed by atoms with Crippen LogP contribution in [0.25, 0.3) is 0 Å². The van der Waals surface area contributed by atoms with Crippen molar-refractivity contribution in [2.24, 2.45) is 5.92 Å². The number of sulfonamides is 1. The molecule has 0 unspecified atom stereocenters. The lowest BCUT2D eigenvalue weighted by Crippen LogP contribution is -2.56. The van der Waals surface area contributed by atoms with Crippen molar-refractivity contribution in [3.05, 3.63) is 24.3 Å². The van der Waals surface area contributed by atoms with Gasteiger partial charge in [-0.15, -0.1) is 0 Å². The smallest absolute Gasteiger partial charge is 0.241 e. The highest BCUT2D eigenvalue weighted by Crippen LogP contribution is 2.39. The fraction of sp³-hybridized carbons (Fsp3) is 0.611. The molecule has 2 aliphatic rings. The summed E-state index contributed by atoms with van der Waals surface area (Å²) < 4.78 is 32.1. The van der Waals surface area contributed by atoms with Crippen LogP contribution < -0.4 is 9.46 Å². The standard InChI is InChI=1S/C18H26N2O5S/c1-25-15-5-7-16(8-6-15)26(23,24)19-12-17(21)20-11-10-18(22)9-3-2-4-14(18)13-20/h5-8,14,19,22H,2-4,9-13H2,1H3/t14-,18+/m0/s1. The van der Waals surface area contributed by atoms with E-state index in [0.717, 1.165) is 25.7 Å². The Bertz CT molecular complexity index is 749. The van der Waals surface area contributed by atoms with Gasteiger partial charge >= 0.3 is 0 Å². The van der Waals surface area contributed by atoms with Crippen molar-refractivity contribution in [1.82, 2.24) is 9.62 Å². The second kappa shape index (κ2) is 7.54. The molecule has 2 N–H and O–H groups in total. The predicted octanol–water partition coefficient (Wildman–Crippen LogP) is 1.13. The van der Waals surface area contributed by atoms with E-state index in [1.54, 1.807) is 17.0 Å². The lowest BCUT2D eigenvalue weighted by molar-refractivity contribution is -0.142. The molecule has 0 aromatic heterocycles. The van der Waals surface area contributed by atoms with Crippen molar-refractivity contribution in [1.29, 1.82) is 0 Å². The molecule has 7 nitrogen and oxygen atoms in total. The van der Waals surface area contributed by atoms with Crippen molar-refractivity contribution in [3.8, 4) is 5.75 Å². The van der Waals surface area contributed by atoms with Crippen LogP contribution in [0.5, 0.6) is 5.75 Å². The van der Waals surface area contributed by atoms with E-state index < -0.39 is 15.6 Å². The first-order valence-corrected chi connectivity index (χ1v) is 10.5. The zero-order chi connectivity index (χ0) is 18.8. The quantitative estimate of drug-likeness (QED) is 0.796. The van der Waals surface area contributed by atoms with Crippen molar-refractivity contribution < 1.29 is 23.1 Å². The minimum atomic E-state index is -3.76. The second-order valence-corrected chi connectivity index (χ2v) is 8.90. The maximum absolute atomic E-state index is 12.5. The number of piperidine rings is 1. The summed E-state index contributed by atoms with van der Waals surface area (Å²) in [6.45, 7) is 0.690. The van der Waals surface area contributed by atoms with Crippen LogP contribution in [0.2, 0.25) is 0 Å². The molecule has 1 aromatic carbocycles. The van der Waals surface area contributed by atoms with Gasteiger partial charge in [0.1, 0.15) is 5.75 Å². The Morgan fingerprint density at radius 3 is 2.73 bits per heavy atom. The van der Waals surface area contributed by atoms with Crippen molar-refractivity contribution in [2.75, 3.05) is 26.7 Å². The minimum Gasteiger partial charge on any atom is -0.497 e. The van der Waals surface area contributed by atoms with E-state index in [4.69, 9.17) is 4.74 Å². The van der Waals surface area contributed by atoms with Gasteiger partial charge in [-0.1, -0.05) is 12.8 Å². The van der Waals surface area contributed by atoms with Crippen LogP contribution in [0, 0.1) is 5.92 Å². The summed E-state index contributed by atoms with van der Waals surface area (Å²) >= 11 is 0. The number of hydrogen-bond donors (Lipinski definition) is 2. The zero-order valence-electron chi connectivity index (χ0n) is 15.0. The molecule has 8 heteroatoms. The summed E-state index contributed by atoms with van der Waals surface area (Å²) in [5.41, 5.74) is -0.655. The average molecular weight is 382 g/mol. The fourth-order valence-corrected chi connectivity index (χ4v) is 4.88. The maximum atomic E-state index is 12.5. The van der Waals surface area contributed by atoms with E-state index in [0.29, 0.717) is 25.3 Å². The van der Waals surface area contributed by atoms with Crippen molar-refractivity contribution in [2.45, 2.75) is 42.6 Å². The summed E-state index contributed by atoms with van der Waals surface area (Å²) in [6.07, 6.45) is 4.37. The molecule has 1 saturated heterocycles. The molecule has 2 atom stereocenters. The molecular weight excluding hydrogens is 356 g/mol. The topological polar surface area (TPSA) is 95.9 Å². The Kier molecular flexibility index (Phi) is 5.55. The molecule has 1 aliphatic carbocycles. The van der Waals surface area contributed by atoms with E-state index in [-0.39, 0.29) is 23.3 Å². The molecule has 0 radical (unpaired) electrons. The Morgan fingerprint density at radius 1 is 1.31 bits per heavy atom. The van der Waals surface area contributed by atoms with Crippen LogP contribution in [-0.2, 0) is 14.8 Å². The fourth-order valence-electron chi connectivity index (χ4n) is 3.90. The molecule has 0 spiro atoms. The van der Waals surface area contributed by atoms with Crippen LogP contribution in [0.15, 0.2) is 29.2 Å². The molecular formula is C18H26N2O5S. The molecule has 26 heavy (non-hydrogen) atoms. The third-order valence-electron chi connectivity index (χ3n) is 5.56. The van der Waals surface area contributed by atoms with Crippen molar-refractivity contribution >= 4 is 15.9 Å². The van der Waals surface area contributed by atoms with Gasteiger partial charge in [0.15, 0.2) is 0 Å². The Labute approximate surface area is 154 Å². The van der Waals surface area contributed by atoms with Gasteiger partial charge < -0.3 is 14.7 Å². The summed E-state index contributed by atoms with van der Waals surface area (Å²) in [4.78, 5) is 14.2. The number of rotatable bonds is 5. The lowest BCUT2D eigenvalue weighted by Gasteiger charge is -2.47. The van der Waals surface area contributed by atoms with Gasteiger partial charge in [-0.05, 0) is 43.5 Å². The van der Waals surface area contributed by atoms with Gasteiger partial charge in [-0.2, -0.15) is 0 Å². The molecule has 144 valence electrons. The Morgan fingerprint density at radius 2 is 2.04 bits per heavy atom. The summed E-state index contributed by atoms with van der Waals surface area (Å²) in [5, 5.41) is 10.7. The number of fused-ring (bicyclic) bond motifs is 1. The van der Waals surface area contributed by atoms with Gasteiger partial charge in [0.25, 0.3) is 0 Å². The number of nitrogens with zero attached hydrogens (tertiary/aromatic N) is 1. The number of amides is 1. The number of carbonyl (C=O) groups is 1. The lowest BCUT2D eigenvalue weighted by atomic mass is 9.71. The SMILES string of the molecule is COc1ccc(S(=O)(=O)NCC(=O)N2CC[C@]3(O)CCCC[C@H]3C2)cc1. The van der Waals surface area contributed by atoms with Crippen LogP contribution in [0.4, 0.5) is 0 Å². The summed E-state index contributed by atoms with van der Waals surface area (Å²) in [5.74, 6) is 0.398. The largest absolute Gasteiger partial charge is 0.497 e. The first-order valence-electron chi connectivity index (χ1n) is 8.98. The number of ether oxygens (including phenoxy) is 1. The number of methoxy groups -OCH3 is 1. The van der Waals surface area contributed by atoms with Crippen LogP contribution in [-0.4, -0.2) is 56.7 Å². The monoisotopic (exact) mass is 382 g/mol. The first-order chi connectivity index (χ1) is 12.3. The Hall–Kier alpha value is -1.64. The molecule has 1 aliphatic heterocycles. The first kappa shape index (κ1) is 19.1. The minimum absolute atomic E-state index is 0.0893. The van der Waals surface area contributed by atoms with Gasteiger partial charge in [-0.25, -0.2) is 13.1 Å². The number of benzene rings is 1. The van der Waals surface area contributed by atoms with Crippen molar-refractivity contribution in [3.63, 3.8) is 0 Å². The molecule has 1 amide bonds. The number of hydrogen-bond acceptors (Lipinski definition) is 5. The number of likely N-dealkylation sites (tertiary alicyclic amines) is 1. The van der Waals surface area contributed by atoms with E-state index in [2.05, 4.69) is 4.72 Å². The molecule has 1 aromatic rings. The summed E-state index contributed by atoms with van der Waals surface area (Å²) in [7, 11) is -2.25. The molecule has 1 saturated carbocycles. The van der Waals surface area contributed by atoms with Gasteiger partial charge in [0, 0.05) is 19.0 Å². The molecule has 2 fully saturated rings. The normalized spacial score (nSPS) is 26.2. The number of aliphatic hydroxyl groups is 1. The zero-order valence-corrected chi connectivity index (χ0v) is 15.8. The van der Waals surface area contributed by atoms with Crippen LogP contribution in [0.3, 0.4) is 0 Å². The average Bonchev–Trinajstić information content (AvgIpc) is 2.65. The molecule has 0 bridgehead atoms. The maximum Gasteiger partial charge on any atom is 0.241 e. The van der Waals surface area contributed by atoms with Crippen LogP contribution in [0.1, 0.15) is 32.1 Å². The third-order valence-corrected chi connectivity index (χ3v) is 6.98. The highest BCUT2D eigenvalue weighted by atomic mass is 32.2. The highest BCUT2D eigenvalue weighted by molar-refractivity contribution is 7.89. The number of carbonyl (C=O) groups excluding carboxylic acids is 1. The Balaban J connectivity index is 1.58. The second-order valence-electron chi connectivity index (χ2n) is 7.14. The van der Waals surface area contributed by atoms with Gasteiger partial charge in [0.05, 0.1) is 24.2 Å². The summed E-state index contributed by atoms with van der Waals surface area (Å²) in [6, 6.07) is 6.00.